The molecule has 39 heavy (non-hydrogen) atoms. The van der Waals surface area contributed by atoms with Crippen molar-refractivity contribution in [3.05, 3.63) is 82.4 Å². The van der Waals surface area contributed by atoms with Crippen LogP contribution in [0.15, 0.2) is 59.5 Å². The van der Waals surface area contributed by atoms with Gasteiger partial charge in [-0.3, -0.25) is 4.79 Å². The van der Waals surface area contributed by atoms with Gasteiger partial charge >= 0.3 is 12.3 Å². The van der Waals surface area contributed by atoms with Gasteiger partial charge in [-0.25, -0.2) is 4.79 Å². The Hall–Kier alpha value is -3.66. The van der Waals surface area contributed by atoms with Crippen molar-refractivity contribution in [2.45, 2.75) is 49.7 Å². The van der Waals surface area contributed by atoms with E-state index in [9.17, 15) is 22.8 Å². The molecule has 1 amide bonds. The summed E-state index contributed by atoms with van der Waals surface area (Å²) in [4.78, 5) is 27.6. The monoisotopic (exact) mass is 557 g/mol. The average Bonchev–Trinajstić information content (AvgIpc) is 3.52. The van der Waals surface area contributed by atoms with E-state index in [0.717, 1.165) is 40.8 Å². The molecule has 1 aliphatic carbocycles. The first-order valence-electron chi connectivity index (χ1n) is 12.6. The second-order valence-corrected chi connectivity index (χ2v) is 10.1. The van der Waals surface area contributed by atoms with Crippen molar-refractivity contribution in [2.24, 2.45) is 0 Å². The third-order valence-corrected chi connectivity index (χ3v) is 7.83. The van der Waals surface area contributed by atoms with Crippen molar-refractivity contribution in [1.29, 1.82) is 0 Å². The normalized spacial score (nSPS) is 14.3. The van der Waals surface area contributed by atoms with Crippen LogP contribution in [-0.4, -0.2) is 31.5 Å². The van der Waals surface area contributed by atoms with Gasteiger partial charge in [0, 0.05) is 21.9 Å². The van der Waals surface area contributed by atoms with E-state index >= 15 is 0 Å². The molecule has 0 spiro atoms. The van der Waals surface area contributed by atoms with Crippen LogP contribution in [0.2, 0.25) is 0 Å². The number of fused-ring (bicyclic) bond motifs is 2. The van der Waals surface area contributed by atoms with Gasteiger partial charge in [0.1, 0.15) is 11.5 Å². The molecule has 5 rings (SSSR count). The number of anilines is 1. The number of halogens is 3. The predicted molar refractivity (Wildman–Crippen MR) is 140 cm³/mol. The van der Waals surface area contributed by atoms with E-state index < -0.39 is 12.3 Å². The van der Waals surface area contributed by atoms with Crippen molar-refractivity contribution in [3.63, 3.8) is 0 Å². The van der Waals surface area contributed by atoms with Crippen molar-refractivity contribution >= 4 is 29.3 Å². The zero-order valence-corrected chi connectivity index (χ0v) is 22.0. The summed E-state index contributed by atoms with van der Waals surface area (Å²) in [5.74, 6) is 0.448. The SMILES string of the molecule is CCOC(=O)COc1ccc(SCc2cccc3c2CN(c2ccc(OC(F)(F)F)cc2)C3=O)c2c1CCC2. The minimum Gasteiger partial charge on any atom is -0.482 e. The molecule has 0 bridgehead atoms. The number of esters is 1. The summed E-state index contributed by atoms with van der Waals surface area (Å²) < 4.78 is 52.1. The lowest BCUT2D eigenvalue weighted by Gasteiger charge is -2.17. The minimum absolute atomic E-state index is 0.120. The highest BCUT2D eigenvalue weighted by atomic mass is 32.2. The molecule has 0 saturated carbocycles. The molecule has 0 saturated heterocycles. The largest absolute Gasteiger partial charge is 0.573 e. The van der Waals surface area contributed by atoms with E-state index in [1.807, 2.05) is 24.3 Å². The summed E-state index contributed by atoms with van der Waals surface area (Å²) in [5, 5.41) is 0. The van der Waals surface area contributed by atoms with E-state index in [2.05, 4.69) is 4.74 Å². The van der Waals surface area contributed by atoms with Gasteiger partial charge in [-0.1, -0.05) is 12.1 Å². The molecule has 1 heterocycles. The Bertz CT molecular complexity index is 1390. The lowest BCUT2D eigenvalue weighted by atomic mass is 10.0. The maximum Gasteiger partial charge on any atom is 0.573 e. The van der Waals surface area contributed by atoms with Crippen LogP contribution >= 0.6 is 11.8 Å². The number of alkyl halides is 3. The Balaban J connectivity index is 1.29. The number of ether oxygens (including phenoxy) is 3. The van der Waals surface area contributed by atoms with Crippen LogP contribution in [-0.2, 0) is 34.7 Å². The molecule has 0 unspecified atom stereocenters. The van der Waals surface area contributed by atoms with Crippen LogP contribution < -0.4 is 14.4 Å². The van der Waals surface area contributed by atoms with Gasteiger partial charge in [0.15, 0.2) is 6.61 Å². The number of rotatable bonds is 9. The molecule has 2 aliphatic rings. The van der Waals surface area contributed by atoms with Gasteiger partial charge in [0.2, 0.25) is 0 Å². The molecule has 0 radical (unpaired) electrons. The number of benzene rings is 3. The molecule has 3 aromatic carbocycles. The van der Waals surface area contributed by atoms with Gasteiger partial charge in [0.25, 0.3) is 5.91 Å². The average molecular weight is 558 g/mol. The highest BCUT2D eigenvalue weighted by molar-refractivity contribution is 7.98. The van der Waals surface area contributed by atoms with Crippen LogP contribution in [0.5, 0.6) is 11.5 Å². The Kier molecular flexibility index (Phi) is 7.74. The smallest absolute Gasteiger partial charge is 0.482 e. The lowest BCUT2D eigenvalue weighted by Crippen LogP contribution is -2.23. The molecule has 0 aromatic heterocycles. The Morgan fingerprint density at radius 2 is 1.77 bits per heavy atom. The van der Waals surface area contributed by atoms with Gasteiger partial charge < -0.3 is 19.1 Å². The maximum absolute atomic E-state index is 13.1. The second kappa shape index (κ2) is 11.2. The summed E-state index contributed by atoms with van der Waals surface area (Å²) >= 11 is 1.69. The first-order chi connectivity index (χ1) is 18.7. The van der Waals surface area contributed by atoms with Crippen LogP contribution in [0.25, 0.3) is 0 Å². The van der Waals surface area contributed by atoms with Gasteiger partial charge in [-0.2, -0.15) is 0 Å². The molecule has 0 fully saturated rings. The van der Waals surface area contributed by atoms with E-state index in [1.54, 1.807) is 29.7 Å². The fraction of sp³-hybridized carbons (Fsp3) is 0.310. The minimum atomic E-state index is -4.77. The molecular weight excluding hydrogens is 531 g/mol. The van der Waals surface area contributed by atoms with E-state index in [4.69, 9.17) is 9.47 Å². The lowest BCUT2D eigenvalue weighted by molar-refractivity contribution is -0.274. The highest BCUT2D eigenvalue weighted by Gasteiger charge is 2.32. The quantitative estimate of drug-likeness (QED) is 0.222. The maximum atomic E-state index is 13.1. The van der Waals surface area contributed by atoms with Crippen molar-refractivity contribution < 1.29 is 37.0 Å². The number of thioether (sulfide) groups is 1. The summed E-state index contributed by atoms with van der Waals surface area (Å²) in [6, 6.07) is 14.9. The molecule has 3 aromatic rings. The number of carbonyl (C=O) groups excluding carboxylic acids is 2. The van der Waals surface area contributed by atoms with Crippen LogP contribution in [0.1, 0.15) is 46.0 Å². The molecule has 0 atom stereocenters. The van der Waals surface area contributed by atoms with Gasteiger partial charge in [-0.15, -0.1) is 24.9 Å². The summed E-state index contributed by atoms with van der Waals surface area (Å²) in [6.45, 7) is 2.28. The first-order valence-corrected chi connectivity index (χ1v) is 13.6. The molecular formula is C29H26F3NO5S. The Labute approximate surface area is 228 Å². The fourth-order valence-electron chi connectivity index (χ4n) is 4.97. The van der Waals surface area contributed by atoms with E-state index in [-0.39, 0.29) is 18.3 Å². The standard InChI is InChI=1S/C29H26F3NO5S/c1-2-36-27(34)16-37-25-13-14-26(22-7-4-6-21(22)25)39-17-18-5-3-8-23-24(18)15-33(28(23)35)19-9-11-20(12-10-19)38-29(30,31)32/h3,5,8-14H,2,4,6-7,15-17H2,1H3. The number of hydrogen-bond acceptors (Lipinski definition) is 6. The van der Waals surface area contributed by atoms with Crippen molar-refractivity contribution in [2.75, 3.05) is 18.1 Å². The summed E-state index contributed by atoms with van der Waals surface area (Å²) in [5.41, 5.74) is 5.39. The number of hydrogen-bond donors (Lipinski definition) is 0. The Morgan fingerprint density at radius 1 is 1.00 bits per heavy atom. The van der Waals surface area contributed by atoms with E-state index in [0.29, 0.717) is 35.9 Å². The predicted octanol–water partition coefficient (Wildman–Crippen LogP) is 6.47. The zero-order chi connectivity index (χ0) is 27.6. The number of amides is 1. The highest BCUT2D eigenvalue weighted by Crippen LogP contribution is 2.40. The summed E-state index contributed by atoms with van der Waals surface area (Å²) in [7, 11) is 0. The molecule has 1 aliphatic heterocycles. The van der Waals surface area contributed by atoms with Crippen LogP contribution in [0.3, 0.4) is 0 Å². The second-order valence-electron chi connectivity index (χ2n) is 9.13. The first kappa shape index (κ1) is 26.9. The third-order valence-electron chi connectivity index (χ3n) is 6.68. The van der Waals surface area contributed by atoms with Crippen LogP contribution in [0, 0.1) is 0 Å². The number of carbonyl (C=O) groups is 2. The van der Waals surface area contributed by atoms with Gasteiger partial charge in [0.05, 0.1) is 13.2 Å². The third kappa shape index (κ3) is 6.00. The number of nitrogens with zero attached hydrogens (tertiary/aromatic N) is 1. The van der Waals surface area contributed by atoms with E-state index in [1.165, 1.54) is 29.8 Å². The molecule has 6 nitrogen and oxygen atoms in total. The summed E-state index contributed by atoms with van der Waals surface area (Å²) in [6.07, 6.45) is -1.94. The Morgan fingerprint density at radius 3 is 2.51 bits per heavy atom. The molecule has 10 heteroatoms. The molecule has 204 valence electrons. The molecule has 0 N–H and O–H groups in total. The van der Waals surface area contributed by atoms with Crippen LogP contribution in [0.4, 0.5) is 18.9 Å². The van der Waals surface area contributed by atoms with Gasteiger partial charge in [-0.05, 0) is 90.9 Å². The fourth-order valence-corrected chi connectivity index (χ4v) is 6.12. The topological polar surface area (TPSA) is 65.1 Å². The van der Waals surface area contributed by atoms with Crippen molar-refractivity contribution in [1.82, 2.24) is 0 Å². The zero-order valence-electron chi connectivity index (χ0n) is 21.2. The van der Waals surface area contributed by atoms with Crippen molar-refractivity contribution in [3.8, 4) is 11.5 Å².